The molecular formula is C20H18N6O4S3. The minimum Gasteiger partial charge on any atom is -0.325 e. The summed E-state index contributed by atoms with van der Waals surface area (Å²) in [6.45, 7) is 1.72. The van der Waals surface area contributed by atoms with Crippen molar-refractivity contribution in [1.82, 2.24) is 19.7 Å². The number of nitrogens with zero attached hydrogens (tertiary/aromatic N) is 4. The number of anilines is 2. The fourth-order valence-corrected chi connectivity index (χ4v) is 5.48. The van der Waals surface area contributed by atoms with Gasteiger partial charge < -0.3 is 5.32 Å². The first-order valence-electron chi connectivity index (χ1n) is 9.54. The summed E-state index contributed by atoms with van der Waals surface area (Å²) in [5, 5.41) is 12.0. The summed E-state index contributed by atoms with van der Waals surface area (Å²) in [6, 6.07) is 12.8. The number of aryl methyl sites for hydroxylation is 1. The molecule has 0 saturated carbocycles. The van der Waals surface area contributed by atoms with E-state index in [0.29, 0.717) is 26.8 Å². The van der Waals surface area contributed by atoms with Crippen LogP contribution < -0.4 is 15.6 Å². The summed E-state index contributed by atoms with van der Waals surface area (Å²) in [5.74, 6) is -0.295. The third-order valence-corrected chi connectivity index (χ3v) is 7.74. The first-order valence-corrected chi connectivity index (χ1v) is 12.8. The van der Waals surface area contributed by atoms with Crippen molar-refractivity contribution in [2.45, 2.75) is 17.0 Å². The van der Waals surface area contributed by atoms with E-state index < -0.39 is 10.0 Å². The van der Waals surface area contributed by atoms with E-state index in [0.717, 1.165) is 23.1 Å². The Morgan fingerprint density at radius 1 is 1.12 bits per heavy atom. The molecule has 2 aromatic carbocycles. The van der Waals surface area contributed by atoms with Gasteiger partial charge in [-0.2, -0.15) is 0 Å². The number of benzene rings is 2. The maximum absolute atomic E-state index is 12.5. The Labute approximate surface area is 197 Å². The molecule has 0 radical (unpaired) electrons. The number of para-hydroxylation sites is 1. The molecule has 170 valence electrons. The molecule has 0 unspecified atom stereocenters. The number of aromatic nitrogens is 4. The van der Waals surface area contributed by atoms with Gasteiger partial charge in [0.2, 0.25) is 11.0 Å². The number of fused-ring (bicyclic) bond motifs is 1. The van der Waals surface area contributed by atoms with Crippen LogP contribution in [0.4, 0.5) is 10.8 Å². The highest BCUT2D eigenvalue weighted by molar-refractivity contribution is 7.99. The van der Waals surface area contributed by atoms with E-state index in [1.165, 1.54) is 28.8 Å². The Morgan fingerprint density at radius 3 is 2.55 bits per heavy atom. The van der Waals surface area contributed by atoms with Crippen molar-refractivity contribution in [1.29, 1.82) is 0 Å². The standard InChI is InChI=1S/C20H18N6O4S3/c1-12-23-24-19(32-12)25-33(29,30)14-9-7-13(8-10-14)21-17(27)11-31-20-22-16-6-4-3-5-15(16)18(28)26(20)2/h3-10H,11H2,1-2H3,(H,21,27)(H,24,25). The smallest absolute Gasteiger partial charge is 0.263 e. The van der Waals surface area contributed by atoms with E-state index in [4.69, 9.17) is 0 Å². The van der Waals surface area contributed by atoms with Crippen LogP contribution >= 0.6 is 23.1 Å². The number of sulfonamides is 1. The third kappa shape index (κ3) is 5.21. The van der Waals surface area contributed by atoms with Crippen molar-refractivity contribution in [3.05, 3.63) is 63.9 Å². The van der Waals surface area contributed by atoms with E-state index in [9.17, 15) is 18.0 Å². The normalized spacial score (nSPS) is 11.5. The molecule has 13 heteroatoms. The molecule has 0 aliphatic heterocycles. The Hall–Kier alpha value is -3.29. The maximum Gasteiger partial charge on any atom is 0.263 e. The van der Waals surface area contributed by atoms with Crippen LogP contribution in [0.5, 0.6) is 0 Å². The molecule has 10 nitrogen and oxygen atoms in total. The lowest BCUT2D eigenvalue weighted by atomic mass is 10.2. The topological polar surface area (TPSA) is 136 Å². The Balaban J connectivity index is 1.40. The predicted octanol–water partition coefficient (Wildman–Crippen LogP) is 2.63. The van der Waals surface area contributed by atoms with Gasteiger partial charge in [0.25, 0.3) is 15.6 Å². The maximum atomic E-state index is 12.5. The number of carbonyl (C=O) groups excluding carboxylic acids is 1. The highest BCUT2D eigenvalue weighted by atomic mass is 32.2. The molecule has 0 atom stereocenters. The van der Waals surface area contributed by atoms with Gasteiger partial charge in [0.05, 0.1) is 21.6 Å². The molecule has 0 saturated heterocycles. The van der Waals surface area contributed by atoms with Crippen molar-refractivity contribution in [2.24, 2.45) is 7.05 Å². The van der Waals surface area contributed by atoms with Gasteiger partial charge in [0.1, 0.15) is 5.01 Å². The summed E-state index contributed by atoms with van der Waals surface area (Å²) >= 11 is 2.26. The summed E-state index contributed by atoms with van der Waals surface area (Å²) in [7, 11) is -2.21. The van der Waals surface area contributed by atoms with Crippen molar-refractivity contribution in [2.75, 3.05) is 15.8 Å². The van der Waals surface area contributed by atoms with E-state index in [2.05, 4.69) is 25.2 Å². The van der Waals surface area contributed by atoms with Crippen LogP contribution in [0.3, 0.4) is 0 Å². The first kappa shape index (κ1) is 22.9. The average Bonchev–Trinajstić information content (AvgIpc) is 3.19. The van der Waals surface area contributed by atoms with Gasteiger partial charge in [-0.1, -0.05) is 35.2 Å². The van der Waals surface area contributed by atoms with E-state index in [-0.39, 0.29) is 27.2 Å². The van der Waals surface area contributed by atoms with E-state index >= 15 is 0 Å². The van der Waals surface area contributed by atoms with Crippen LogP contribution in [-0.2, 0) is 21.9 Å². The molecule has 0 fully saturated rings. The zero-order valence-electron chi connectivity index (χ0n) is 17.5. The summed E-state index contributed by atoms with van der Waals surface area (Å²) in [4.78, 5) is 29.3. The third-order valence-electron chi connectivity index (χ3n) is 4.47. The largest absolute Gasteiger partial charge is 0.325 e. The summed E-state index contributed by atoms with van der Waals surface area (Å²) in [5.41, 5.74) is 0.821. The lowest BCUT2D eigenvalue weighted by Crippen LogP contribution is -2.21. The van der Waals surface area contributed by atoms with Crippen molar-refractivity contribution < 1.29 is 13.2 Å². The number of rotatable bonds is 7. The molecule has 0 aliphatic rings. The molecule has 0 aliphatic carbocycles. The first-order chi connectivity index (χ1) is 15.7. The molecule has 0 spiro atoms. The Kier molecular flexibility index (Phi) is 6.44. The lowest BCUT2D eigenvalue weighted by molar-refractivity contribution is -0.113. The minimum atomic E-state index is -3.82. The van der Waals surface area contributed by atoms with Crippen LogP contribution in [0.2, 0.25) is 0 Å². The second-order valence-electron chi connectivity index (χ2n) is 6.87. The predicted molar refractivity (Wildman–Crippen MR) is 128 cm³/mol. The number of amides is 1. The van der Waals surface area contributed by atoms with Crippen LogP contribution in [0.1, 0.15) is 5.01 Å². The van der Waals surface area contributed by atoms with E-state index in [1.54, 1.807) is 38.2 Å². The van der Waals surface area contributed by atoms with Gasteiger partial charge in [-0.3, -0.25) is 18.9 Å². The Morgan fingerprint density at radius 2 is 1.85 bits per heavy atom. The van der Waals surface area contributed by atoms with Gasteiger partial charge in [-0.05, 0) is 43.3 Å². The van der Waals surface area contributed by atoms with Crippen molar-refractivity contribution in [3.8, 4) is 0 Å². The van der Waals surface area contributed by atoms with Gasteiger partial charge in [0.15, 0.2) is 5.16 Å². The molecule has 33 heavy (non-hydrogen) atoms. The van der Waals surface area contributed by atoms with Crippen molar-refractivity contribution >= 4 is 60.8 Å². The quantitative estimate of drug-likeness (QED) is 0.291. The lowest BCUT2D eigenvalue weighted by Gasteiger charge is -2.10. The fourth-order valence-electron chi connectivity index (χ4n) is 2.88. The van der Waals surface area contributed by atoms with Gasteiger partial charge in [0, 0.05) is 12.7 Å². The Bertz CT molecular complexity index is 1500. The number of nitrogens with one attached hydrogen (secondary N) is 2. The zero-order valence-corrected chi connectivity index (χ0v) is 19.9. The van der Waals surface area contributed by atoms with Gasteiger partial charge in [-0.15, -0.1) is 10.2 Å². The van der Waals surface area contributed by atoms with Crippen LogP contribution in [0.25, 0.3) is 10.9 Å². The second-order valence-corrected chi connectivity index (χ2v) is 10.7. The number of carbonyl (C=O) groups is 1. The highest BCUT2D eigenvalue weighted by Gasteiger charge is 2.17. The second kappa shape index (κ2) is 9.29. The van der Waals surface area contributed by atoms with Gasteiger partial charge >= 0.3 is 0 Å². The molecule has 2 heterocycles. The number of thioether (sulfide) groups is 1. The number of hydrogen-bond acceptors (Lipinski definition) is 9. The van der Waals surface area contributed by atoms with Gasteiger partial charge in [-0.25, -0.2) is 13.4 Å². The number of hydrogen-bond donors (Lipinski definition) is 2. The minimum absolute atomic E-state index is 0.0244. The molecule has 4 rings (SSSR count). The summed E-state index contributed by atoms with van der Waals surface area (Å²) in [6.07, 6.45) is 0. The average molecular weight is 503 g/mol. The fraction of sp³-hybridized carbons (Fsp3) is 0.150. The molecule has 2 N–H and O–H groups in total. The molecular weight excluding hydrogens is 484 g/mol. The summed E-state index contributed by atoms with van der Waals surface area (Å²) < 4.78 is 28.7. The molecule has 2 aromatic heterocycles. The zero-order chi connectivity index (χ0) is 23.6. The van der Waals surface area contributed by atoms with Crippen molar-refractivity contribution in [3.63, 3.8) is 0 Å². The SMILES string of the molecule is Cc1nnc(NS(=O)(=O)c2ccc(NC(=O)CSc3nc4ccccc4c(=O)n3C)cc2)s1. The van der Waals surface area contributed by atoms with E-state index in [1.807, 2.05) is 0 Å². The highest BCUT2D eigenvalue weighted by Crippen LogP contribution is 2.21. The molecule has 1 amide bonds. The van der Waals surface area contributed by atoms with Crippen LogP contribution in [0.15, 0.2) is 63.4 Å². The molecule has 4 aromatic rings. The van der Waals surface area contributed by atoms with Crippen LogP contribution in [-0.4, -0.2) is 39.8 Å². The monoisotopic (exact) mass is 502 g/mol. The molecule has 0 bridgehead atoms. The van der Waals surface area contributed by atoms with Crippen LogP contribution in [0, 0.1) is 6.92 Å².